The number of alkyl halides is 3. The van der Waals surface area contributed by atoms with Gasteiger partial charge in [0.2, 0.25) is 5.91 Å². The third kappa shape index (κ3) is 4.14. The number of carbonyl (C=O) groups excluding carboxylic acids is 1. The number of benzene rings is 1. The number of anilines is 1. The summed E-state index contributed by atoms with van der Waals surface area (Å²) in [6.45, 7) is 3.55. The Kier molecular flexibility index (Phi) is 5.94. The third-order valence-corrected chi connectivity index (χ3v) is 6.38. The Labute approximate surface area is 163 Å². The number of carbonyl (C=O) groups is 1. The van der Waals surface area contributed by atoms with Gasteiger partial charge in [-0.25, -0.2) is 0 Å². The van der Waals surface area contributed by atoms with E-state index in [1.54, 1.807) is 17.0 Å². The molecule has 28 heavy (non-hydrogen) atoms. The molecule has 1 saturated carbocycles. The van der Waals surface area contributed by atoms with Crippen LogP contribution in [0.15, 0.2) is 24.3 Å². The molecule has 0 unspecified atom stereocenters. The molecule has 2 aliphatic rings. The van der Waals surface area contributed by atoms with Crippen LogP contribution < -0.4 is 9.64 Å². The van der Waals surface area contributed by atoms with Crippen LogP contribution in [0.4, 0.5) is 18.9 Å². The van der Waals surface area contributed by atoms with Crippen molar-refractivity contribution >= 4 is 11.6 Å². The third-order valence-electron chi connectivity index (χ3n) is 6.38. The molecule has 2 fully saturated rings. The van der Waals surface area contributed by atoms with Crippen LogP contribution in [0.5, 0.6) is 5.75 Å². The number of amides is 1. The van der Waals surface area contributed by atoms with Gasteiger partial charge in [0.1, 0.15) is 5.75 Å². The van der Waals surface area contributed by atoms with Crippen molar-refractivity contribution in [3.8, 4) is 5.75 Å². The van der Waals surface area contributed by atoms with E-state index in [4.69, 9.17) is 4.74 Å². The summed E-state index contributed by atoms with van der Waals surface area (Å²) in [4.78, 5) is 14.8. The minimum Gasteiger partial charge on any atom is -0.481 e. The van der Waals surface area contributed by atoms with Crippen LogP contribution in [0.25, 0.3) is 0 Å². The first-order chi connectivity index (χ1) is 13.2. The summed E-state index contributed by atoms with van der Waals surface area (Å²) < 4.78 is 42.8. The monoisotopic (exact) mass is 399 g/mol. The van der Waals surface area contributed by atoms with Crippen LogP contribution in [0.1, 0.15) is 52.4 Å². The summed E-state index contributed by atoms with van der Waals surface area (Å²) in [6.07, 6.45) is -1.79. The normalized spacial score (nSPS) is 27.9. The Balaban J connectivity index is 1.64. The van der Waals surface area contributed by atoms with E-state index in [2.05, 4.69) is 0 Å². The minimum absolute atomic E-state index is 0.0919. The standard InChI is InChI=1S/C21H28F3NO3/c1-3-18(26)15-8-10-20(11-9-15)12-13-25(19(20)27)16-4-6-17(7-5-16)28-14(2)21(22,23)24/h4-7,14-15,18,26H,3,8-13H2,1-2H3/t14-,15?,18-,20?/m1/s1. The minimum atomic E-state index is -4.42. The topological polar surface area (TPSA) is 49.8 Å². The SMILES string of the molecule is CC[C@@H](O)C1CCC2(CC1)CCN(c1ccc(O[C@H](C)C(F)(F)F)cc1)C2=O. The lowest BCUT2D eigenvalue weighted by Gasteiger charge is -2.37. The summed E-state index contributed by atoms with van der Waals surface area (Å²) in [7, 11) is 0. The lowest BCUT2D eigenvalue weighted by Crippen LogP contribution is -2.39. The summed E-state index contributed by atoms with van der Waals surface area (Å²) in [5.41, 5.74) is 0.328. The van der Waals surface area contributed by atoms with Crippen LogP contribution in [-0.2, 0) is 4.79 Å². The van der Waals surface area contributed by atoms with Crippen LogP contribution in [-0.4, -0.2) is 35.9 Å². The van der Waals surface area contributed by atoms with Crippen LogP contribution in [0, 0.1) is 11.3 Å². The van der Waals surface area contributed by atoms with E-state index >= 15 is 0 Å². The Bertz CT molecular complexity index is 681. The fourth-order valence-corrected chi connectivity index (χ4v) is 4.42. The molecule has 1 saturated heterocycles. The number of aliphatic hydroxyl groups is 1. The van der Waals surface area contributed by atoms with E-state index in [-0.39, 0.29) is 29.1 Å². The van der Waals surface area contributed by atoms with Crippen molar-refractivity contribution in [1.82, 2.24) is 0 Å². The second-order valence-corrected chi connectivity index (χ2v) is 8.10. The highest BCUT2D eigenvalue weighted by molar-refractivity contribution is 6.00. The van der Waals surface area contributed by atoms with Crippen molar-refractivity contribution in [3.05, 3.63) is 24.3 Å². The van der Waals surface area contributed by atoms with Gasteiger partial charge in [-0.2, -0.15) is 13.2 Å². The highest BCUT2D eigenvalue weighted by Gasteiger charge is 2.49. The molecule has 156 valence electrons. The molecule has 0 aromatic heterocycles. The summed E-state index contributed by atoms with van der Waals surface area (Å²) in [5, 5.41) is 10.1. The maximum Gasteiger partial charge on any atom is 0.425 e. The van der Waals surface area contributed by atoms with E-state index in [0.717, 1.165) is 45.4 Å². The van der Waals surface area contributed by atoms with Crippen molar-refractivity contribution in [3.63, 3.8) is 0 Å². The molecule has 7 heteroatoms. The smallest absolute Gasteiger partial charge is 0.425 e. The molecule has 0 bridgehead atoms. The fraction of sp³-hybridized carbons (Fsp3) is 0.667. The molecule has 1 aliphatic carbocycles. The highest BCUT2D eigenvalue weighted by atomic mass is 19.4. The number of ether oxygens (including phenoxy) is 1. The number of rotatable bonds is 5. The van der Waals surface area contributed by atoms with Gasteiger partial charge in [-0.15, -0.1) is 0 Å². The molecule has 1 heterocycles. The fourth-order valence-electron chi connectivity index (χ4n) is 4.42. The van der Waals surface area contributed by atoms with Crippen LogP contribution >= 0.6 is 0 Å². The van der Waals surface area contributed by atoms with E-state index in [1.165, 1.54) is 12.1 Å². The van der Waals surface area contributed by atoms with E-state index in [0.29, 0.717) is 12.2 Å². The zero-order valence-corrected chi connectivity index (χ0v) is 16.3. The summed E-state index contributed by atoms with van der Waals surface area (Å²) in [5.74, 6) is 0.489. The van der Waals surface area contributed by atoms with Gasteiger partial charge in [-0.05, 0) is 75.6 Å². The van der Waals surface area contributed by atoms with Gasteiger partial charge < -0.3 is 14.7 Å². The Morgan fingerprint density at radius 3 is 2.36 bits per heavy atom. The Hall–Kier alpha value is -1.76. The van der Waals surface area contributed by atoms with Gasteiger partial charge in [-0.3, -0.25) is 4.79 Å². The molecular formula is C21H28F3NO3. The maximum absolute atomic E-state index is 13.1. The maximum atomic E-state index is 13.1. The molecule has 1 aliphatic heterocycles. The van der Waals surface area contributed by atoms with E-state index in [9.17, 15) is 23.1 Å². The van der Waals surface area contributed by atoms with Gasteiger partial charge in [0.25, 0.3) is 0 Å². The number of aliphatic hydroxyl groups excluding tert-OH is 1. The lowest BCUT2D eigenvalue weighted by atomic mass is 9.68. The lowest BCUT2D eigenvalue weighted by molar-refractivity contribution is -0.189. The predicted octanol–water partition coefficient (Wildman–Crippen LogP) is 4.70. The summed E-state index contributed by atoms with van der Waals surface area (Å²) in [6, 6.07) is 6.23. The molecule has 1 aromatic rings. The number of halogens is 3. The molecule has 0 radical (unpaired) electrons. The summed E-state index contributed by atoms with van der Waals surface area (Å²) >= 11 is 0. The van der Waals surface area contributed by atoms with Crippen molar-refractivity contribution in [1.29, 1.82) is 0 Å². The molecule has 4 nitrogen and oxygen atoms in total. The molecule has 1 spiro atoms. The van der Waals surface area contributed by atoms with Crippen LogP contribution in [0.3, 0.4) is 0 Å². The number of hydrogen-bond donors (Lipinski definition) is 1. The highest BCUT2D eigenvalue weighted by Crippen LogP contribution is 2.48. The quantitative estimate of drug-likeness (QED) is 0.781. The van der Waals surface area contributed by atoms with Gasteiger partial charge in [0, 0.05) is 12.2 Å². The second-order valence-electron chi connectivity index (χ2n) is 8.10. The molecular weight excluding hydrogens is 371 g/mol. The zero-order valence-electron chi connectivity index (χ0n) is 16.3. The number of nitrogens with zero attached hydrogens (tertiary/aromatic N) is 1. The Morgan fingerprint density at radius 1 is 1.21 bits per heavy atom. The second kappa shape index (κ2) is 7.93. The van der Waals surface area contributed by atoms with Crippen LogP contribution in [0.2, 0.25) is 0 Å². The first-order valence-electron chi connectivity index (χ1n) is 10.00. The molecule has 2 atom stereocenters. The van der Waals surface area contributed by atoms with Gasteiger partial charge in [0.15, 0.2) is 6.10 Å². The first-order valence-corrected chi connectivity index (χ1v) is 10.00. The van der Waals surface area contributed by atoms with Crippen molar-refractivity contribution < 1.29 is 27.8 Å². The molecule has 1 amide bonds. The number of hydrogen-bond acceptors (Lipinski definition) is 3. The zero-order chi connectivity index (χ0) is 20.5. The molecule has 1 N–H and O–H groups in total. The Morgan fingerprint density at radius 2 is 1.82 bits per heavy atom. The van der Waals surface area contributed by atoms with Gasteiger partial charge >= 0.3 is 6.18 Å². The van der Waals surface area contributed by atoms with Gasteiger partial charge in [-0.1, -0.05) is 6.92 Å². The van der Waals surface area contributed by atoms with Crippen molar-refractivity contribution in [2.45, 2.75) is 70.8 Å². The van der Waals surface area contributed by atoms with E-state index in [1.807, 2.05) is 6.92 Å². The first kappa shape index (κ1) is 21.0. The van der Waals surface area contributed by atoms with E-state index < -0.39 is 12.3 Å². The van der Waals surface area contributed by atoms with Gasteiger partial charge in [0.05, 0.1) is 11.5 Å². The molecule has 1 aromatic carbocycles. The molecule has 3 rings (SSSR count). The average molecular weight is 399 g/mol. The van der Waals surface area contributed by atoms with Crippen molar-refractivity contribution in [2.75, 3.05) is 11.4 Å². The largest absolute Gasteiger partial charge is 0.481 e. The average Bonchev–Trinajstić information content (AvgIpc) is 2.98. The predicted molar refractivity (Wildman–Crippen MR) is 100 cm³/mol. The van der Waals surface area contributed by atoms with Crippen molar-refractivity contribution in [2.24, 2.45) is 11.3 Å².